The molecule has 3 heterocycles. The maximum atomic E-state index is 12.6. The average molecular weight is 452 g/mol. The summed E-state index contributed by atoms with van der Waals surface area (Å²) in [6.45, 7) is -0.421. The zero-order valence-electron chi connectivity index (χ0n) is 16.5. The predicted molar refractivity (Wildman–Crippen MR) is 109 cm³/mol. The van der Waals surface area contributed by atoms with Crippen LogP contribution < -0.4 is 10.4 Å². The van der Waals surface area contributed by atoms with Gasteiger partial charge in [-0.25, -0.2) is 13.9 Å². The van der Waals surface area contributed by atoms with Crippen LogP contribution in [0.1, 0.15) is 17.2 Å². The first kappa shape index (κ1) is 21.8. The van der Waals surface area contributed by atoms with E-state index in [1.165, 1.54) is 22.4 Å². The molecule has 1 aliphatic heterocycles. The third kappa shape index (κ3) is 3.93. The van der Waals surface area contributed by atoms with E-state index in [1.54, 1.807) is 30.3 Å². The van der Waals surface area contributed by atoms with E-state index in [0.29, 0.717) is 27.5 Å². The Balaban J connectivity index is 1.70. The molecule has 1 aliphatic rings. The second kappa shape index (κ2) is 8.58. The molecule has 0 aliphatic carbocycles. The SMILES string of the molecule is COc1ccc(Cn2nc3ccc(Cl)cn3c2=O)cc1[C@@H]1OC(CO)[C@@H](O)C(O)C1O. The topological polar surface area (TPSA) is 139 Å². The molecule has 4 N–H and O–H groups in total. The van der Waals surface area contributed by atoms with Gasteiger partial charge >= 0.3 is 5.69 Å². The monoisotopic (exact) mass is 451 g/mol. The summed E-state index contributed by atoms with van der Waals surface area (Å²) in [6, 6.07) is 8.31. The largest absolute Gasteiger partial charge is 0.496 e. The molecule has 0 radical (unpaired) electrons. The Kier molecular flexibility index (Phi) is 6.02. The normalized spacial score (nSPS) is 26.3. The fourth-order valence-electron chi connectivity index (χ4n) is 3.73. The molecule has 0 spiro atoms. The third-order valence-electron chi connectivity index (χ3n) is 5.37. The van der Waals surface area contributed by atoms with Crippen molar-refractivity contribution in [3.8, 4) is 5.75 Å². The fourth-order valence-corrected chi connectivity index (χ4v) is 3.89. The number of fused-ring (bicyclic) bond motifs is 1. The lowest BCUT2D eigenvalue weighted by Crippen LogP contribution is -2.55. The first-order chi connectivity index (χ1) is 14.8. The molecule has 10 nitrogen and oxygen atoms in total. The van der Waals surface area contributed by atoms with Crippen LogP contribution in [0.3, 0.4) is 0 Å². The van der Waals surface area contributed by atoms with Gasteiger partial charge in [0.25, 0.3) is 0 Å². The summed E-state index contributed by atoms with van der Waals surface area (Å²) < 4.78 is 13.6. The number of halogens is 1. The zero-order valence-corrected chi connectivity index (χ0v) is 17.3. The van der Waals surface area contributed by atoms with Gasteiger partial charge in [-0.3, -0.25) is 0 Å². The van der Waals surface area contributed by atoms with Crippen LogP contribution in [-0.2, 0) is 11.3 Å². The molecule has 0 bridgehead atoms. The summed E-state index contributed by atoms with van der Waals surface area (Å²) in [6.07, 6.45) is -5.08. The average Bonchev–Trinajstić information content (AvgIpc) is 3.07. The number of hydrogen-bond donors (Lipinski definition) is 4. The van der Waals surface area contributed by atoms with Gasteiger partial charge in [0.15, 0.2) is 5.65 Å². The van der Waals surface area contributed by atoms with Gasteiger partial charge < -0.3 is 29.9 Å². The van der Waals surface area contributed by atoms with E-state index in [9.17, 15) is 25.2 Å². The second-order valence-corrected chi connectivity index (χ2v) is 7.78. The minimum absolute atomic E-state index is 0.118. The Morgan fingerprint density at radius 2 is 1.94 bits per heavy atom. The number of methoxy groups -OCH3 is 1. The van der Waals surface area contributed by atoms with E-state index in [4.69, 9.17) is 21.1 Å². The standard InChI is InChI=1S/C20H22ClN3O7/c1-30-13-4-2-10(7-24-20(29)23-8-11(21)3-5-15(23)22-24)6-12(13)19-18(28)17(27)16(26)14(9-25)31-19/h2-6,8,14,16-19,25-28H,7,9H2,1H3/t14?,16-,17?,18?,19+/m1/s1. The smallest absolute Gasteiger partial charge is 0.350 e. The summed E-state index contributed by atoms with van der Waals surface area (Å²) in [5.74, 6) is 0.377. The highest BCUT2D eigenvalue weighted by Crippen LogP contribution is 2.37. The van der Waals surface area contributed by atoms with Crippen LogP contribution in [0.25, 0.3) is 5.65 Å². The Labute approximate surface area is 181 Å². The van der Waals surface area contributed by atoms with Gasteiger partial charge in [-0.15, -0.1) is 5.10 Å². The van der Waals surface area contributed by atoms with Gasteiger partial charge in [0, 0.05) is 11.8 Å². The Bertz CT molecular complexity index is 1150. The molecule has 31 heavy (non-hydrogen) atoms. The molecule has 0 amide bonds. The number of pyridine rings is 1. The van der Waals surface area contributed by atoms with Crippen molar-refractivity contribution in [3.63, 3.8) is 0 Å². The molecule has 2 aromatic heterocycles. The minimum atomic E-state index is -1.52. The minimum Gasteiger partial charge on any atom is -0.496 e. The summed E-state index contributed by atoms with van der Waals surface area (Å²) in [5, 5.41) is 44.8. The van der Waals surface area contributed by atoms with E-state index in [2.05, 4.69) is 5.10 Å². The molecule has 1 saturated heterocycles. The number of aromatic nitrogens is 3. The Morgan fingerprint density at radius 1 is 1.16 bits per heavy atom. The lowest BCUT2D eigenvalue weighted by molar-refractivity contribution is -0.232. The number of rotatable bonds is 5. The maximum Gasteiger partial charge on any atom is 0.350 e. The van der Waals surface area contributed by atoms with Gasteiger partial charge in [-0.2, -0.15) is 0 Å². The quantitative estimate of drug-likeness (QED) is 0.415. The van der Waals surface area contributed by atoms with Crippen LogP contribution in [0.4, 0.5) is 0 Å². The van der Waals surface area contributed by atoms with Crippen molar-refractivity contribution in [1.82, 2.24) is 14.2 Å². The number of nitrogens with zero attached hydrogens (tertiary/aromatic N) is 3. The lowest BCUT2D eigenvalue weighted by atomic mass is 9.90. The maximum absolute atomic E-state index is 12.6. The second-order valence-electron chi connectivity index (χ2n) is 7.34. The number of ether oxygens (including phenoxy) is 2. The summed E-state index contributed by atoms with van der Waals surface area (Å²) in [4.78, 5) is 12.6. The van der Waals surface area contributed by atoms with Gasteiger partial charge in [-0.1, -0.05) is 17.7 Å². The Hall–Kier alpha value is -2.47. The van der Waals surface area contributed by atoms with Gasteiger partial charge in [0.2, 0.25) is 0 Å². The van der Waals surface area contributed by atoms with Crippen LogP contribution in [0, 0.1) is 0 Å². The molecule has 1 aromatic carbocycles. The Morgan fingerprint density at radius 3 is 2.65 bits per heavy atom. The van der Waals surface area contributed by atoms with Crippen LogP contribution in [0.15, 0.2) is 41.3 Å². The first-order valence-corrected chi connectivity index (χ1v) is 9.94. The fraction of sp³-hybridized carbons (Fsp3) is 0.400. The van der Waals surface area contributed by atoms with Crippen molar-refractivity contribution in [1.29, 1.82) is 0 Å². The molecular formula is C20H22ClN3O7. The highest BCUT2D eigenvalue weighted by Gasteiger charge is 2.44. The molecule has 3 aromatic rings. The van der Waals surface area contributed by atoms with Gasteiger partial charge in [0.05, 0.1) is 25.3 Å². The van der Waals surface area contributed by atoms with E-state index < -0.39 is 37.1 Å². The lowest BCUT2D eigenvalue weighted by Gasteiger charge is -2.40. The van der Waals surface area contributed by atoms with Crippen molar-refractivity contribution < 1.29 is 29.9 Å². The molecule has 166 valence electrons. The number of benzene rings is 1. The molecule has 1 fully saturated rings. The number of aliphatic hydroxyl groups excluding tert-OH is 4. The molecule has 0 saturated carbocycles. The first-order valence-electron chi connectivity index (χ1n) is 9.56. The highest BCUT2D eigenvalue weighted by atomic mass is 35.5. The van der Waals surface area contributed by atoms with Gasteiger partial charge in [-0.05, 0) is 29.8 Å². The molecule has 4 rings (SSSR count). The molecule has 3 unspecified atom stereocenters. The van der Waals surface area contributed by atoms with Crippen molar-refractivity contribution in [2.75, 3.05) is 13.7 Å². The van der Waals surface area contributed by atoms with E-state index in [0.717, 1.165) is 0 Å². The summed E-state index contributed by atoms with van der Waals surface area (Å²) in [7, 11) is 1.44. The van der Waals surface area contributed by atoms with E-state index >= 15 is 0 Å². The molecule has 11 heteroatoms. The zero-order chi connectivity index (χ0) is 22.3. The van der Waals surface area contributed by atoms with E-state index in [1.807, 2.05) is 0 Å². The number of aliphatic hydroxyl groups is 4. The van der Waals surface area contributed by atoms with Crippen LogP contribution in [0.2, 0.25) is 5.02 Å². The van der Waals surface area contributed by atoms with Crippen molar-refractivity contribution >= 4 is 17.2 Å². The highest BCUT2D eigenvalue weighted by molar-refractivity contribution is 6.30. The summed E-state index contributed by atoms with van der Waals surface area (Å²) in [5.41, 5.74) is 1.13. The van der Waals surface area contributed by atoms with E-state index in [-0.39, 0.29) is 12.2 Å². The van der Waals surface area contributed by atoms with Crippen molar-refractivity contribution in [3.05, 3.63) is 63.2 Å². The van der Waals surface area contributed by atoms with Crippen molar-refractivity contribution in [2.45, 2.75) is 37.1 Å². The predicted octanol–water partition coefficient (Wildman–Crippen LogP) is -0.279. The summed E-state index contributed by atoms with van der Waals surface area (Å²) >= 11 is 5.96. The third-order valence-corrected chi connectivity index (χ3v) is 5.59. The van der Waals surface area contributed by atoms with Crippen LogP contribution in [0.5, 0.6) is 5.75 Å². The number of hydrogen-bond acceptors (Lipinski definition) is 8. The van der Waals surface area contributed by atoms with Crippen LogP contribution >= 0.6 is 11.6 Å². The van der Waals surface area contributed by atoms with Crippen molar-refractivity contribution in [2.24, 2.45) is 0 Å². The molecule has 5 atom stereocenters. The molecular weight excluding hydrogens is 430 g/mol. The van der Waals surface area contributed by atoms with Crippen LogP contribution in [-0.4, -0.2) is 72.7 Å². The van der Waals surface area contributed by atoms with Gasteiger partial charge in [0.1, 0.15) is 36.3 Å².